The zero-order valence-corrected chi connectivity index (χ0v) is 11.9. The van der Waals surface area contributed by atoms with Gasteiger partial charge in [0.25, 0.3) is 0 Å². The maximum atomic E-state index is 11.6. The van der Waals surface area contributed by atoms with Gasteiger partial charge in [-0.3, -0.25) is 4.90 Å². The van der Waals surface area contributed by atoms with Gasteiger partial charge in [-0.25, -0.2) is 4.79 Å². The van der Waals surface area contributed by atoms with E-state index in [-0.39, 0.29) is 25.5 Å². The molecule has 6 heteroatoms. The van der Waals surface area contributed by atoms with Crippen molar-refractivity contribution in [1.29, 1.82) is 0 Å². The maximum Gasteiger partial charge on any atom is 0.336 e. The fourth-order valence-corrected chi connectivity index (χ4v) is 2.36. The molecule has 0 bridgehead atoms. The summed E-state index contributed by atoms with van der Waals surface area (Å²) < 4.78 is 5.24. The molecule has 114 valence electrons. The molecule has 0 aliphatic heterocycles. The highest BCUT2D eigenvalue weighted by atomic mass is 16.4. The summed E-state index contributed by atoms with van der Waals surface area (Å²) in [6, 6.07) is 4.66. The molecule has 0 amide bonds. The highest BCUT2D eigenvalue weighted by Crippen LogP contribution is 2.29. The number of nitrogens with zero attached hydrogens (tertiary/aromatic N) is 1. The van der Waals surface area contributed by atoms with E-state index in [9.17, 15) is 9.90 Å². The summed E-state index contributed by atoms with van der Waals surface area (Å²) in [6.45, 7) is 2.66. The molecule has 1 heterocycles. The largest absolute Gasteiger partial charge is 0.507 e. The van der Waals surface area contributed by atoms with Crippen molar-refractivity contribution in [2.75, 3.05) is 26.3 Å². The zero-order valence-electron chi connectivity index (χ0n) is 11.9. The standard InChI is InChI=1S/C15H19NO5/c1-10-8-14(20)21-15-11(10)2-3-13(19)12(15)9-16(4-6-17)5-7-18/h2-3,8,17-19H,4-7,9H2,1H3. The molecule has 0 spiro atoms. The Kier molecular flexibility index (Phi) is 4.95. The Hall–Kier alpha value is -1.89. The topological polar surface area (TPSA) is 94.1 Å². The smallest absolute Gasteiger partial charge is 0.336 e. The number of phenolic OH excluding ortho intramolecular Hbond substituents is 1. The van der Waals surface area contributed by atoms with Crippen LogP contribution in [0.3, 0.4) is 0 Å². The Morgan fingerprint density at radius 1 is 1.19 bits per heavy atom. The highest BCUT2D eigenvalue weighted by molar-refractivity contribution is 5.84. The van der Waals surface area contributed by atoms with Gasteiger partial charge in [0.05, 0.1) is 18.8 Å². The van der Waals surface area contributed by atoms with Crippen molar-refractivity contribution >= 4 is 11.0 Å². The van der Waals surface area contributed by atoms with Crippen LogP contribution in [0.15, 0.2) is 27.4 Å². The van der Waals surface area contributed by atoms with E-state index in [2.05, 4.69) is 0 Å². The number of aliphatic hydroxyl groups is 2. The summed E-state index contributed by atoms with van der Waals surface area (Å²) in [5.74, 6) is 0.0251. The monoisotopic (exact) mass is 293 g/mol. The van der Waals surface area contributed by atoms with Crippen LogP contribution >= 0.6 is 0 Å². The van der Waals surface area contributed by atoms with Gasteiger partial charge in [-0.2, -0.15) is 0 Å². The summed E-state index contributed by atoms with van der Waals surface area (Å²) >= 11 is 0. The van der Waals surface area contributed by atoms with E-state index in [0.29, 0.717) is 24.2 Å². The molecule has 3 N–H and O–H groups in total. The van der Waals surface area contributed by atoms with Gasteiger partial charge in [0, 0.05) is 31.1 Å². The minimum atomic E-state index is -0.470. The molecular weight excluding hydrogens is 274 g/mol. The van der Waals surface area contributed by atoms with Crippen LogP contribution in [0.2, 0.25) is 0 Å². The first-order valence-electron chi connectivity index (χ1n) is 6.76. The van der Waals surface area contributed by atoms with Gasteiger partial charge in [-0.05, 0) is 24.6 Å². The van der Waals surface area contributed by atoms with Crippen LogP contribution in [0, 0.1) is 6.92 Å². The molecule has 0 aliphatic rings. The van der Waals surface area contributed by atoms with E-state index >= 15 is 0 Å². The Morgan fingerprint density at radius 2 is 1.86 bits per heavy atom. The summed E-state index contributed by atoms with van der Waals surface area (Å²) in [6.07, 6.45) is 0. The Labute approximate surface area is 121 Å². The van der Waals surface area contributed by atoms with Crippen LogP contribution in [0.4, 0.5) is 0 Å². The molecule has 21 heavy (non-hydrogen) atoms. The van der Waals surface area contributed by atoms with Crippen LogP contribution in [-0.2, 0) is 6.54 Å². The van der Waals surface area contributed by atoms with Crippen LogP contribution in [0.1, 0.15) is 11.1 Å². The number of aryl methyl sites for hydroxylation is 1. The van der Waals surface area contributed by atoms with Crippen molar-refractivity contribution in [2.24, 2.45) is 0 Å². The SMILES string of the molecule is Cc1cc(=O)oc2c(CN(CCO)CCO)c(O)ccc12. The molecule has 0 atom stereocenters. The van der Waals surface area contributed by atoms with Crippen molar-refractivity contribution in [3.63, 3.8) is 0 Å². The molecule has 0 fully saturated rings. The van der Waals surface area contributed by atoms with Gasteiger partial charge in [0.15, 0.2) is 0 Å². The highest BCUT2D eigenvalue weighted by Gasteiger charge is 2.15. The van der Waals surface area contributed by atoms with Crippen molar-refractivity contribution in [1.82, 2.24) is 4.90 Å². The van der Waals surface area contributed by atoms with Gasteiger partial charge < -0.3 is 19.7 Å². The lowest BCUT2D eigenvalue weighted by atomic mass is 10.1. The zero-order chi connectivity index (χ0) is 15.4. The fraction of sp³-hybridized carbons (Fsp3) is 0.400. The van der Waals surface area contributed by atoms with Crippen LogP contribution in [-0.4, -0.2) is 46.5 Å². The van der Waals surface area contributed by atoms with Crippen LogP contribution in [0.5, 0.6) is 5.75 Å². The summed E-state index contributed by atoms with van der Waals surface area (Å²) in [4.78, 5) is 13.3. The van der Waals surface area contributed by atoms with Gasteiger partial charge in [-0.15, -0.1) is 0 Å². The second-order valence-corrected chi connectivity index (χ2v) is 4.91. The number of hydrogen-bond donors (Lipinski definition) is 3. The van der Waals surface area contributed by atoms with Gasteiger partial charge in [0.2, 0.25) is 0 Å². The van der Waals surface area contributed by atoms with Gasteiger partial charge in [0.1, 0.15) is 11.3 Å². The van der Waals surface area contributed by atoms with E-state index in [0.717, 1.165) is 10.9 Å². The average molecular weight is 293 g/mol. The van der Waals surface area contributed by atoms with E-state index in [1.807, 2.05) is 0 Å². The third-order valence-corrected chi connectivity index (χ3v) is 3.41. The lowest BCUT2D eigenvalue weighted by Crippen LogP contribution is -2.29. The van der Waals surface area contributed by atoms with Crippen LogP contribution < -0.4 is 5.63 Å². The minimum absolute atomic E-state index is 0.0251. The molecule has 6 nitrogen and oxygen atoms in total. The molecule has 1 aromatic heterocycles. The Bertz CT molecular complexity index is 674. The molecule has 0 aliphatic carbocycles. The lowest BCUT2D eigenvalue weighted by Gasteiger charge is -2.21. The molecule has 0 saturated carbocycles. The van der Waals surface area contributed by atoms with Gasteiger partial charge in [-0.1, -0.05) is 0 Å². The summed E-state index contributed by atoms with van der Waals surface area (Å²) in [5, 5.41) is 28.9. The van der Waals surface area contributed by atoms with E-state index < -0.39 is 5.63 Å². The lowest BCUT2D eigenvalue weighted by molar-refractivity contribution is 0.155. The Balaban J connectivity index is 2.51. The minimum Gasteiger partial charge on any atom is -0.507 e. The van der Waals surface area contributed by atoms with E-state index in [1.165, 1.54) is 6.07 Å². The second kappa shape index (κ2) is 6.71. The summed E-state index contributed by atoms with van der Waals surface area (Å²) in [5.41, 5.74) is 1.14. The molecule has 2 aromatic rings. The number of hydrogen-bond acceptors (Lipinski definition) is 6. The number of phenols is 1. The van der Waals surface area contributed by atoms with E-state index in [1.54, 1.807) is 24.0 Å². The number of aliphatic hydroxyl groups excluding tert-OH is 2. The molecule has 0 unspecified atom stereocenters. The van der Waals surface area contributed by atoms with Crippen molar-refractivity contribution in [3.05, 3.63) is 39.7 Å². The molecule has 0 saturated heterocycles. The van der Waals surface area contributed by atoms with Crippen molar-refractivity contribution in [2.45, 2.75) is 13.5 Å². The number of rotatable bonds is 6. The Morgan fingerprint density at radius 3 is 2.48 bits per heavy atom. The third kappa shape index (κ3) is 3.41. The molecular formula is C15H19NO5. The van der Waals surface area contributed by atoms with E-state index in [4.69, 9.17) is 14.6 Å². The number of fused-ring (bicyclic) bond motifs is 1. The number of benzene rings is 1. The van der Waals surface area contributed by atoms with Crippen LogP contribution in [0.25, 0.3) is 11.0 Å². The molecule has 0 radical (unpaired) electrons. The predicted octanol–water partition coefficient (Wildman–Crippen LogP) is 0.594. The first-order valence-corrected chi connectivity index (χ1v) is 6.76. The number of aromatic hydroxyl groups is 1. The fourth-order valence-electron chi connectivity index (χ4n) is 2.36. The first-order chi connectivity index (χ1) is 10.1. The average Bonchev–Trinajstić information content (AvgIpc) is 2.42. The third-order valence-electron chi connectivity index (χ3n) is 3.41. The summed E-state index contributed by atoms with van der Waals surface area (Å²) in [7, 11) is 0. The maximum absolute atomic E-state index is 11.6. The molecule has 2 rings (SSSR count). The normalized spacial score (nSPS) is 11.4. The second-order valence-electron chi connectivity index (χ2n) is 4.91. The predicted molar refractivity (Wildman–Crippen MR) is 78.3 cm³/mol. The van der Waals surface area contributed by atoms with Crippen molar-refractivity contribution in [3.8, 4) is 5.75 Å². The molecule has 1 aromatic carbocycles. The quantitative estimate of drug-likeness (QED) is 0.675. The first kappa shape index (κ1) is 15.5. The van der Waals surface area contributed by atoms with Crippen molar-refractivity contribution < 1.29 is 19.7 Å². The van der Waals surface area contributed by atoms with Gasteiger partial charge >= 0.3 is 5.63 Å².